The van der Waals surface area contributed by atoms with Crippen LogP contribution in [-0.2, 0) is 0 Å². The Morgan fingerprint density at radius 3 is 2.94 bits per heavy atom. The van der Waals surface area contributed by atoms with E-state index in [9.17, 15) is 0 Å². The second-order valence-corrected chi connectivity index (χ2v) is 4.97. The molecular formula is C14H19N3. The molecule has 3 rings (SSSR count). The van der Waals surface area contributed by atoms with E-state index in [4.69, 9.17) is 4.98 Å². The van der Waals surface area contributed by atoms with Gasteiger partial charge in [0.2, 0.25) is 0 Å². The van der Waals surface area contributed by atoms with Gasteiger partial charge in [0.25, 0.3) is 0 Å². The average molecular weight is 229 g/mol. The first-order valence-corrected chi connectivity index (χ1v) is 6.45. The standard InChI is InChI=1S/C14H19N3/c1-10-6-5-9-17-11(2)13(16-14(10)17)12-7-3-4-8-15-12/h5-6,9,12,15H,3-4,7-8H2,1-2H3. The molecule has 1 unspecified atom stereocenters. The number of piperidine rings is 1. The Labute approximate surface area is 102 Å². The van der Waals surface area contributed by atoms with Crippen molar-refractivity contribution in [2.45, 2.75) is 39.2 Å². The number of rotatable bonds is 1. The SMILES string of the molecule is Cc1cccn2c(C)c(C3CCCCN3)nc12. The minimum absolute atomic E-state index is 0.447. The van der Waals surface area contributed by atoms with Crippen molar-refractivity contribution < 1.29 is 0 Å². The summed E-state index contributed by atoms with van der Waals surface area (Å²) in [6, 6.07) is 4.66. The minimum Gasteiger partial charge on any atom is -0.309 e. The van der Waals surface area contributed by atoms with Gasteiger partial charge in [-0.25, -0.2) is 4.98 Å². The average Bonchev–Trinajstić information content (AvgIpc) is 2.70. The van der Waals surface area contributed by atoms with E-state index in [1.54, 1.807) is 0 Å². The summed E-state index contributed by atoms with van der Waals surface area (Å²) >= 11 is 0. The molecule has 3 heteroatoms. The molecule has 0 amide bonds. The lowest BCUT2D eigenvalue weighted by Gasteiger charge is -2.22. The molecule has 2 aromatic rings. The van der Waals surface area contributed by atoms with Crippen molar-refractivity contribution >= 4 is 5.65 Å². The topological polar surface area (TPSA) is 29.3 Å². The number of hydrogen-bond donors (Lipinski definition) is 1. The Bertz CT molecular complexity index is 536. The Kier molecular flexibility index (Phi) is 2.63. The lowest BCUT2D eigenvalue weighted by molar-refractivity contribution is 0.405. The second-order valence-electron chi connectivity index (χ2n) is 4.97. The van der Waals surface area contributed by atoms with Gasteiger partial charge in [0.15, 0.2) is 0 Å². The zero-order chi connectivity index (χ0) is 11.8. The maximum Gasteiger partial charge on any atom is 0.140 e. The Balaban J connectivity index is 2.10. The largest absolute Gasteiger partial charge is 0.309 e. The summed E-state index contributed by atoms with van der Waals surface area (Å²) in [6.07, 6.45) is 5.92. The maximum absolute atomic E-state index is 4.84. The van der Waals surface area contributed by atoms with Gasteiger partial charge in [0.05, 0.1) is 11.7 Å². The van der Waals surface area contributed by atoms with Crippen molar-refractivity contribution in [2.75, 3.05) is 6.54 Å². The molecule has 2 aromatic heterocycles. The van der Waals surface area contributed by atoms with Crippen LogP contribution < -0.4 is 5.32 Å². The van der Waals surface area contributed by atoms with Crippen molar-refractivity contribution in [3.05, 3.63) is 35.3 Å². The van der Waals surface area contributed by atoms with Crippen molar-refractivity contribution in [1.29, 1.82) is 0 Å². The number of hydrogen-bond acceptors (Lipinski definition) is 2. The van der Waals surface area contributed by atoms with Crippen molar-refractivity contribution in [1.82, 2.24) is 14.7 Å². The quantitative estimate of drug-likeness (QED) is 0.814. The second kappa shape index (κ2) is 4.15. The number of aryl methyl sites for hydroxylation is 2. The number of fused-ring (bicyclic) bond motifs is 1. The van der Waals surface area contributed by atoms with Gasteiger partial charge in [-0.2, -0.15) is 0 Å². The third-order valence-corrected chi connectivity index (χ3v) is 3.76. The summed E-state index contributed by atoms with van der Waals surface area (Å²) < 4.78 is 2.21. The fourth-order valence-corrected chi connectivity index (χ4v) is 2.75. The summed E-state index contributed by atoms with van der Waals surface area (Å²) in [7, 11) is 0. The van der Waals surface area contributed by atoms with E-state index in [-0.39, 0.29) is 0 Å². The van der Waals surface area contributed by atoms with Gasteiger partial charge >= 0.3 is 0 Å². The van der Waals surface area contributed by atoms with E-state index in [1.807, 2.05) is 0 Å². The Morgan fingerprint density at radius 1 is 1.35 bits per heavy atom. The van der Waals surface area contributed by atoms with Crippen molar-refractivity contribution in [2.24, 2.45) is 0 Å². The molecule has 0 aromatic carbocycles. The molecule has 0 saturated carbocycles. The summed E-state index contributed by atoms with van der Waals surface area (Å²) in [6.45, 7) is 5.42. The number of imidazole rings is 1. The predicted octanol–water partition coefficient (Wildman–Crippen LogP) is 2.77. The van der Waals surface area contributed by atoms with Gasteiger partial charge in [-0.1, -0.05) is 12.5 Å². The van der Waals surface area contributed by atoms with E-state index < -0.39 is 0 Å². The van der Waals surface area contributed by atoms with Crippen LogP contribution in [0.4, 0.5) is 0 Å². The van der Waals surface area contributed by atoms with E-state index in [0.29, 0.717) is 6.04 Å². The third kappa shape index (κ3) is 1.75. The van der Waals surface area contributed by atoms with E-state index >= 15 is 0 Å². The minimum atomic E-state index is 0.447. The first-order valence-electron chi connectivity index (χ1n) is 6.45. The van der Waals surface area contributed by atoms with Crippen LogP contribution in [0.25, 0.3) is 5.65 Å². The number of aromatic nitrogens is 2. The molecule has 1 atom stereocenters. The van der Waals surface area contributed by atoms with E-state index in [0.717, 1.165) is 12.2 Å². The maximum atomic E-state index is 4.84. The summed E-state index contributed by atoms with van der Waals surface area (Å²) in [4.78, 5) is 4.84. The van der Waals surface area contributed by atoms with E-state index in [2.05, 4.69) is 41.9 Å². The summed E-state index contributed by atoms with van der Waals surface area (Å²) in [5.41, 5.74) is 4.87. The number of pyridine rings is 1. The molecule has 1 aliphatic rings. The first kappa shape index (κ1) is 10.8. The zero-order valence-electron chi connectivity index (χ0n) is 10.5. The Hall–Kier alpha value is -1.35. The summed E-state index contributed by atoms with van der Waals surface area (Å²) in [5, 5.41) is 3.58. The van der Waals surface area contributed by atoms with Crippen LogP contribution >= 0.6 is 0 Å². The molecule has 0 spiro atoms. The normalized spacial score (nSPS) is 20.9. The van der Waals surface area contributed by atoms with Crippen LogP contribution in [0.3, 0.4) is 0 Å². The first-order chi connectivity index (χ1) is 8.27. The molecule has 1 aliphatic heterocycles. The molecule has 1 fully saturated rings. The highest BCUT2D eigenvalue weighted by molar-refractivity contribution is 5.50. The molecule has 3 heterocycles. The lowest BCUT2D eigenvalue weighted by atomic mass is 10.0. The van der Waals surface area contributed by atoms with Crippen molar-refractivity contribution in [3.63, 3.8) is 0 Å². The fourth-order valence-electron chi connectivity index (χ4n) is 2.75. The smallest absolute Gasteiger partial charge is 0.140 e. The third-order valence-electron chi connectivity index (χ3n) is 3.76. The van der Waals surface area contributed by atoms with Crippen LogP contribution in [0.5, 0.6) is 0 Å². The van der Waals surface area contributed by atoms with Crippen LogP contribution in [0.15, 0.2) is 18.3 Å². The van der Waals surface area contributed by atoms with Gasteiger partial charge in [-0.05, 0) is 44.9 Å². The lowest BCUT2D eigenvalue weighted by Crippen LogP contribution is -2.27. The Morgan fingerprint density at radius 2 is 2.24 bits per heavy atom. The molecule has 0 radical (unpaired) electrons. The molecule has 0 aliphatic carbocycles. The molecule has 3 nitrogen and oxygen atoms in total. The molecule has 90 valence electrons. The molecule has 0 bridgehead atoms. The van der Waals surface area contributed by atoms with Gasteiger partial charge in [0.1, 0.15) is 5.65 Å². The molecule has 1 N–H and O–H groups in total. The fraction of sp³-hybridized carbons (Fsp3) is 0.500. The number of nitrogens with one attached hydrogen (secondary N) is 1. The molecule has 17 heavy (non-hydrogen) atoms. The van der Waals surface area contributed by atoms with Crippen LogP contribution in [0, 0.1) is 13.8 Å². The van der Waals surface area contributed by atoms with Crippen LogP contribution in [0.1, 0.15) is 42.3 Å². The molecular weight excluding hydrogens is 210 g/mol. The van der Waals surface area contributed by atoms with Crippen LogP contribution in [0.2, 0.25) is 0 Å². The van der Waals surface area contributed by atoms with Crippen LogP contribution in [-0.4, -0.2) is 15.9 Å². The van der Waals surface area contributed by atoms with Gasteiger partial charge in [-0.15, -0.1) is 0 Å². The molecule has 1 saturated heterocycles. The summed E-state index contributed by atoms with van der Waals surface area (Å²) in [5.74, 6) is 0. The van der Waals surface area contributed by atoms with Gasteiger partial charge in [-0.3, -0.25) is 0 Å². The zero-order valence-corrected chi connectivity index (χ0v) is 10.5. The monoisotopic (exact) mass is 229 g/mol. The van der Waals surface area contributed by atoms with Gasteiger partial charge < -0.3 is 9.72 Å². The number of nitrogens with zero attached hydrogens (tertiary/aromatic N) is 2. The predicted molar refractivity (Wildman–Crippen MR) is 69.3 cm³/mol. The van der Waals surface area contributed by atoms with E-state index in [1.165, 1.54) is 36.2 Å². The highest BCUT2D eigenvalue weighted by atomic mass is 15.1. The highest BCUT2D eigenvalue weighted by Crippen LogP contribution is 2.26. The van der Waals surface area contributed by atoms with Crippen molar-refractivity contribution in [3.8, 4) is 0 Å². The highest BCUT2D eigenvalue weighted by Gasteiger charge is 2.20. The van der Waals surface area contributed by atoms with Gasteiger partial charge in [0, 0.05) is 11.9 Å².